The first kappa shape index (κ1) is 17.2. The summed E-state index contributed by atoms with van der Waals surface area (Å²) in [6.07, 6.45) is 2.19. The number of nitrogens with zero attached hydrogens (tertiary/aromatic N) is 3. The molecule has 2 aromatic heterocycles. The van der Waals surface area contributed by atoms with Gasteiger partial charge in [0.25, 0.3) is 0 Å². The minimum atomic E-state index is 0.756. The molecule has 0 aliphatic carbocycles. The van der Waals surface area contributed by atoms with Gasteiger partial charge >= 0.3 is 0 Å². The first-order valence-corrected chi connectivity index (χ1v) is 10.3. The van der Waals surface area contributed by atoms with E-state index in [-0.39, 0.29) is 0 Å². The standard InChI is InChI=1S/C16H18N4OS3/c1-3-6-14-17-11(9-22-14)10-23-16-20-19-15(24-16)18-12-7-4-5-8-13(12)21-2/h4-5,7-9H,3,6,10H2,1-2H3,(H,18,19). The highest BCUT2D eigenvalue weighted by Crippen LogP contribution is 2.32. The molecule has 1 aromatic carbocycles. The second-order valence-corrected chi connectivity index (χ2v) is 8.11. The van der Waals surface area contributed by atoms with Gasteiger partial charge in [-0.25, -0.2) is 4.98 Å². The van der Waals surface area contributed by atoms with Gasteiger partial charge in [-0.2, -0.15) is 0 Å². The van der Waals surface area contributed by atoms with Crippen LogP contribution in [0, 0.1) is 0 Å². The summed E-state index contributed by atoms with van der Waals surface area (Å²) in [5, 5.41) is 15.8. The Labute approximate surface area is 153 Å². The molecule has 2 heterocycles. The normalized spacial score (nSPS) is 10.8. The smallest absolute Gasteiger partial charge is 0.210 e. The van der Waals surface area contributed by atoms with Gasteiger partial charge in [-0.05, 0) is 25.0 Å². The van der Waals surface area contributed by atoms with Gasteiger partial charge in [-0.15, -0.1) is 21.5 Å². The van der Waals surface area contributed by atoms with Crippen molar-refractivity contribution in [2.24, 2.45) is 0 Å². The predicted molar refractivity (Wildman–Crippen MR) is 102 cm³/mol. The monoisotopic (exact) mass is 378 g/mol. The van der Waals surface area contributed by atoms with Crippen molar-refractivity contribution in [1.29, 1.82) is 0 Å². The van der Waals surface area contributed by atoms with Gasteiger partial charge in [-0.3, -0.25) is 0 Å². The van der Waals surface area contributed by atoms with E-state index in [1.54, 1.807) is 30.2 Å². The van der Waals surface area contributed by atoms with Gasteiger partial charge in [0.1, 0.15) is 5.75 Å². The lowest BCUT2D eigenvalue weighted by atomic mass is 10.3. The fourth-order valence-corrected chi connectivity index (χ4v) is 4.72. The summed E-state index contributed by atoms with van der Waals surface area (Å²) in [5.74, 6) is 1.61. The fraction of sp³-hybridized carbons (Fsp3) is 0.312. The summed E-state index contributed by atoms with van der Waals surface area (Å²) in [5.41, 5.74) is 2.00. The molecular formula is C16H18N4OS3. The van der Waals surface area contributed by atoms with Crippen LogP contribution in [-0.4, -0.2) is 22.3 Å². The zero-order valence-corrected chi connectivity index (χ0v) is 15.9. The van der Waals surface area contributed by atoms with Crippen molar-refractivity contribution in [1.82, 2.24) is 15.2 Å². The summed E-state index contributed by atoms with van der Waals surface area (Å²) in [6.45, 7) is 2.17. The Kier molecular flexibility index (Phi) is 6.06. The van der Waals surface area contributed by atoms with Crippen LogP contribution in [0.1, 0.15) is 24.0 Å². The van der Waals surface area contributed by atoms with Gasteiger partial charge in [0.05, 0.1) is 23.5 Å². The van der Waals surface area contributed by atoms with Crippen LogP contribution in [0.2, 0.25) is 0 Å². The molecule has 0 atom stereocenters. The highest BCUT2D eigenvalue weighted by Gasteiger charge is 2.09. The van der Waals surface area contributed by atoms with Crippen molar-refractivity contribution in [3.8, 4) is 5.75 Å². The number of thioether (sulfide) groups is 1. The molecule has 0 amide bonds. The zero-order chi connectivity index (χ0) is 16.8. The number of aryl methyl sites for hydroxylation is 1. The van der Waals surface area contributed by atoms with E-state index in [2.05, 4.69) is 32.8 Å². The van der Waals surface area contributed by atoms with Crippen LogP contribution in [-0.2, 0) is 12.2 Å². The number of nitrogens with one attached hydrogen (secondary N) is 1. The summed E-state index contributed by atoms with van der Waals surface area (Å²) < 4.78 is 6.26. The van der Waals surface area contributed by atoms with Crippen LogP contribution in [0.3, 0.4) is 0 Å². The molecule has 0 fully saturated rings. The Bertz CT molecular complexity index is 787. The molecule has 5 nitrogen and oxygen atoms in total. The average molecular weight is 379 g/mol. The van der Waals surface area contributed by atoms with Crippen molar-refractivity contribution in [3.05, 3.63) is 40.3 Å². The topological polar surface area (TPSA) is 59.9 Å². The molecule has 0 unspecified atom stereocenters. The van der Waals surface area contributed by atoms with Crippen LogP contribution in [0.4, 0.5) is 10.8 Å². The van der Waals surface area contributed by atoms with Crippen molar-refractivity contribution < 1.29 is 4.74 Å². The molecule has 0 spiro atoms. The van der Waals surface area contributed by atoms with Crippen molar-refractivity contribution in [3.63, 3.8) is 0 Å². The molecule has 3 aromatic rings. The quantitative estimate of drug-likeness (QED) is 0.557. The van der Waals surface area contributed by atoms with Crippen molar-refractivity contribution in [2.75, 3.05) is 12.4 Å². The number of thiazole rings is 1. The van der Waals surface area contributed by atoms with Gasteiger partial charge in [0.2, 0.25) is 5.13 Å². The molecule has 0 aliphatic rings. The van der Waals surface area contributed by atoms with Crippen LogP contribution >= 0.6 is 34.4 Å². The lowest BCUT2D eigenvalue weighted by Crippen LogP contribution is -1.93. The Morgan fingerprint density at radius 1 is 1.25 bits per heavy atom. The lowest BCUT2D eigenvalue weighted by Gasteiger charge is -2.07. The number of benzene rings is 1. The van der Waals surface area contributed by atoms with Gasteiger partial charge in [-0.1, -0.05) is 42.2 Å². The molecule has 24 heavy (non-hydrogen) atoms. The van der Waals surface area contributed by atoms with E-state index in [1.165, 1.54) is 16.3 Å². The Balaban J connectivity index is 1.59. The highest BCUT2D eigenvalue weighted by atomic mass is 32.2. The van der Waals surface area contributed by atoms with Crippen LogP contribution in [0.5, 0.6) is 5.75 Å². The van der Waals surface area contributed by atoms with Gasteiger partial charge in [0.15, 0.2) is 4.34 Å². The third-order valence-corrected chi connectivity index (χ3v) is 6.12. The van der Waals surface area contributed by atoms with Crippen molar-refractivity contribution >= 4 is 45.3 Å². The molecule has 3 rings (SSSR count). The van der Waals surface area contributed by atoms with E-state index in [0.717, 1.165) is 45.2 Å². The zero-order valence-electron chi connectivity index (χ0n) is 13.5. The number of rotatable bonds is 8. The van der Waals surface area contributed by atoms with Gasteiger partial charge in [0, 0.05) is 11.1 Å². The summed E-state index contributed by atoms with van der Waals surface area (Å²) in [4.78, 5) is 4.63. The molecule has 0 bridgehead atoms. The van der Waals surface area contributed by atoms with E-state index < -0.39 is 0 Å². The molecule has 0 saturated heterocycles. The molecule has 0 aliphatic heterocycles. The molecule has 126 valence electrons. The lowest BCUT2D eigenvalue weighted by molar-refractivity contribution is 0.417. The molecule has 0 radical (unpaired) electrons. The second kappa shape index (κ2) is 8.46. The Hall–Kier alpha value is -1.64. The minimum absolute atomic E-state index is 0.756. The van der Waals surface area contributed by atoms with E-state index in [0.29, 0.717) is 0 Å². The maximum atomic E-state index is 5.33. The number of ether oxygens (including phenoxy) is 1. The Morgan fingerprint density at radius 2 is 2.12 bits per heavy atom. The van der Waals surface area contributed by atoms with Crippen molar-refractivity contribution in [2.45, 2.75) is 29.9 Å². The van der Waals surface area contributed by atoms with E-state index >= 15 is 0 Å². The largest absolute Gasteiger partial charge is 0.495 e. The number of hydrogen-bond acceptors (Lipinski definition) is 8. The van der Waals surface area contributed by atoms with E-state index in [9.17, 15) is 0 Å². The number of methoxy groups -OCH3 is 1. The first-order chi connectivity index (χ1) is 11.8. The Morgan fingerprint density at radius 3 is 2.96 bits per heavy atom. The van der Waals surface area contributed by atoms with Crippen LogP contribution < -0.4 is 10.1 Å². The summed E-state index contributed by atoms with van der Waals surface area (Å²) in [7, 11) is 1.66. The van der Waals surface area contributed by atoms with E-state index in [1.807, 2.05) is 24.3 Å². The highest BCUT2D eigenvalue weighted by molar-refractivity contribution is 8.00. The number of para-hydroxylation sites is 2. The minimum Gasteiger partial charge on any atom is -0.495 e. The molecule has 8 heteroatoms. The third kappa shape index (κ3) is 4.46. The summed E-state index contributed by atoms with van der Waals surface area (Å²) >= 11 is 4.93. The van der Waals surface area contributed by atoms with Crippen LogP contribution in [0.25, 0.3) is 0 Å². The number of anilines is 2. The van der Waals surface area contributed by atoms with Gasteiger partial charge < -0.3 is 10.1 Å². The first-order valence-electron chi connectivity index (χ1n) is 7.58. The fourth-order valence-electron chi connectivity index (χ4n) is 2.06. The van der Waals surface area contributed by atoms with E-state index in [4.69, 9.17) is 4.74 Å². The molecular weight excluding hydrogens is 360 g/mol. The predicted octanol–water partition coefficient (Wildman–Crippen LogP) is 4.99. The molecule has 0 saturated carbocycles. The maximum absolute atomic E-state index is 5.33. The average Bonchev–Trinajstić information content (AvgIpc) is 3.23. The summed E-state index contributed by atoms with van der Waals surface area (Å²) in [6, 6.07) is 7.76. The maximum Gasteiger partial charge on any atom is 0.210 e. The third-order valence-electron chi connectivity index (χ3n) is 3.16. The second-order valence-electron chi connectivity index (χ2n) is 4.97. The molecule has 1 N–H and O–H groups in total. The van der Waals surface area contributed by atoms with Crippen LogP contribution in [0.15, 0.2) is 34.0 Å². The SMILES string of the molecule is CCCc1nc(CSc2nnc(Nc3ccccc3OC)s2)cs1. The number of hydrogen-bond donors (Lipinski definition) is 1. The number of aromatic nitrogens is 3.